The number of piperidine rings is 1. The number of benzene rings is 2. The first kappa shape index (κ1) is 27.9. The highest BCUT2D eigenvalue weighted by molar-refractivity contribution is 6.35. The molecule has 0 saturated carbocycles. The Morgan fingerprint density at radius 2 is 1.70 bits per heavy atom. The molecule has 3 aliphatic rings. The van der Waals surface area contributed by atoms with E-state index >= 15 is 0 Å². The zero-order valence-electron chi connectivity index (χ0n) is 21.7. The van der Waals surface area contributed by atoms with E-state index in [-0.39, 0.29) is 34.7 Å². The van der Waals surface area contributed by atoms with E-state index in [0.717, 1.165) is 10.5 Å². The summed E-state index contributed by atoms with van der Waals surface area (Å²) in [4.78, 5) is 58.4. The van der Waals surface area contributed by atoms with E-state index in [9.17, 15) is 29.5 Å². The molecule has 2 aromatic rings. The number of nitriles is 1. The quantitative estimate of drug-likeness (QED) is 0.534. The highest BCUT2D eigenvalue weighted by atomic mass is 35.5. The molecule has 2 unspecified atom stereocenters. The standard InChI is InChI=1S/C28H27Cl2N5O5/c1-32-27(40)35(22-11-20(29)10-21(30)12-22)26(39)28(32)16-33(14-23(28)18-4-2-17(13-31)3-5-18)15-24(36)34-8-6-19(7-9-34)25(37)38/h2-5,10-12,19,23H,6-9,14-16H2,1H3,(H,37,38). The smallest absolute Gasteiger partial charge is 0.332 e. The fourth-order valence-corrected chi connectivity index (χ4v) is 6.60. The number of halogens is 2. The number of carboxylic acid groups (broad SMARTS) is 1. The number of aliphatic carboxylic acids is 1. The van der Waals surface area contributed by atoms with Gasteiger partial charge < -0.3 is 14.9 Å². The molecule has 2 atom stereocenters. The maximum absolute atomic E-state index is 14.3. The normalized spacial score (nSPS) is 23.8. The summed E-state index contributed by atoms with van der Waals surface area (Å²) in [6.07, 6.45) is 0.789. The van der Waals surface area contributed by atoms with Crippen molar-refractivity contribution in [3.63, 3.8) is 0 Å². The summed E-state index contributed by atoms with van der Waals surface area (Å²) >= 11 is 12.4. The number of anilines is 1. The molecule has 0 bridgehead atoms. The maximum atomic E-state index is 14.3. The zero-order chi connectivity index (χ0) is 28.8. The number of carbonyl (C=O) groups is 4. The molecule has 5 rings (SSSR count). The van der Waals surface area contributed by atoms with Crippen molar-refractivity contribution >= 4 is 52.7 Å². The van der Waals surface area contributed by atoms with Gasteiger partial charge in [-0.15, -0.1) is 0 Å². The lowest BCUT2D eigenvalue weighted by atomic mass is 9.80. The fourth-order valence-electron chi connectivity index (χ4n) is 6.08. The zero-order valence-corrected chi connectivity index (χ0v) is 23.2. The summed E-state index contributed by atoms with van der Waals surface area (Å²) < 4.78 is 0. The van der Waals surface area contributed by atoms with Crippen LogP contribution in [0.15, 0.2) is 42.5 Å². The molecule has 40 heavy (non-hydrogen) atoms. The van der Waals surface area contributed by atoms with Crippen molar-refractivity contribution in [3.8, 4) is 6.07 Å². The summed E-state index contributed by atoms with van der Waals surface area (Å²) in [5.74, 6) is -2.41. The van der Waals surface area contributed by atoms with Crippen LogP contribution in [0.25, 0.3) is 0 Å². The van der Waals surface area contributed by atoms with E-state index in [0.29, 0.717) is 38.0 Å². The van der Waals surface area contributed by atoms with Crippen LogP contribution in [0, 0.1) is 17.2 Å². The van der Waals surface area contributed by atoms with Gasteiger partial charge in [-0.3, -0.25) is 19.3 Å². The molecule has 0 aromatic heterocycles. The van der Waals surface area contributed by atoms with E-state index in [1.165, 1.54) is 23.1 Å². The van der Waals surface area contributed by atoms with Crippen LogP contribution in [-0.2, 0) is 14.4 Å². The number of amides is 4. The number of imide groups is 1. The minimum Gasteiger partial charge on any atom is -0.481 e. The van der Waals surface area contributed by atoms with Gasteiger partial charge in [0, 0.05) is 49.2 Å². The third kappa shape index (κ3) is 4.79. The minimum absolute atomic E-state index is 0.0184. The SMILES string of the molecule is CN1C(=O)N(c2cc(Cl)cc(Cl)c2)C(=O)C12CN(CC(=O)N1CCC(C(=O)O)CC1)CC2c1ccc(C#N)cc1. The van der Waals surface area contributed by atoms with E-state index in [4.69, 9.17) is 23.2 Å². The summed E-state index contributed by atoms with van der Waals surface area (Å²) in [6, 6.07) is 13.0. The van der Waals surface area contributed by atoms with Crippen molar-refractivity contribution in [2.45, 2.75) is 24.3 Å². The van der Waals surface area contributed by atoms with Crippen LogP contribution in [0.1, 0.15) is 29.9 Å². The Bertz CT molecular complexity index is 1400. The second-order valence-electron chi connectivity index (χ2n) is 10.5. The molecule has 3 saturated heterocycles. The van der Waals surface area contributed by atoms with Crippen molar-refractivity contribution in [1.82, 2.24) is 14.7 Å². The van der Waals surface area contributed by atoms with Crippen LogP contribution in [0.3, 0.4) is 0 Å². The molecule has 0 radical (unpaired) electrons. The Morgan fingerprint density at radius 3 is 2.27 bits per heavy atom. The van der Waals surface area contributed by atoms with Crippen molar-refractivity contribution in [2.24, 2.45) is 5.92 Å². The number of hydrogen-bond donors (Lipinski definition) is 1. The third-order valence-electron chi connectivity index (χ3n) is 8.24. The van der Waals surface area contributed by atoms with Crippen molar-refractivity contribution in [1.29, 1.82) is 5.26 Å². The predicted molar refractivity (Wildman–Crippen MR) is 147 cm³/mol. The van der Waals surface area contributed by atoms with Crippen LogP contribution in [0.2, 0.25) is 10.0 Å². The molecular formula is C28H27Cl2N5O5. The Kier molecular flexibility index (Phi) is 7.48. The number of likely N-dealkylation sites (N-methyl/N-ethyl adjacent to an activating group) is 1. The summed E-state index contributed by atoms with van der Waals surface area (Å²) in [5.41, 5.74) is 0.155. The molecule has 3 heterocycles. The topological polar surface area (TPSA) is 125 Å². The van der Waals surface area contributed by atoms with Crippen LogP contribution in [0.5, 0.6) is 0 Å². The number of rotatable bonds is 5. The largest absolute Gasteiger partial charge is 0.481 e. The van der Waals surface area contributed by atoms with Gasteiger partial charge in [-0.2, -0.15) is 5.26 Å². The first-order chi connectivity index (χ1) is 19.0. The van der Waals surface area contributed by atoms with E-state index in [1.54, 1.807) is 36.2 Å². The Balaban J connectivity index is 1.46. The van der Waals surface area contributed by atoms with Gasteiger partial charge in [-0.05, 0) is 48.7 Å². The van der Waals surface area contributed by atoms with Crippen LogP contribution in [0.4, 0.5) is 10.5 Å². The van der Waals surface area contributed by atoms with Crippen LogP contribution < -0.4 is 4.90 Å². The highest BCUT2D eigenvalue weighted by Gasteiger charge is 2.64. The average Bonchev–Trinajstić information content (AvgIpc) is 3.39. The van der Waals surface area contributed by atoms with Gasteiger partial charge in [-0.1, -0.05) is 35.3 Å². The van der Waals surface area contributed by atoms with Gasteiger partial charge in [0.15, 0.2) is 0 Å². The molecular weight excluding hydrogens is 557 g/mol. The number of hydrogen-bond acceptors (Lipinski definition) is 6. The lowest BCUT2D eigenvalue weighted by molar-refractivity contribution is -0.145. The van der Waals surface area contributed by atoms with Crippen molar-refractivity contribution in [3.05, 3.63) is 63.6 Å². The van der Waals surface area contributed by atoms with Crippen LogP contribution in [-0.4, -0.2) is 88.9 Å². The molecule has 12 heteroatoms. The van der Waals surface area contributed by atoms with Gasteiger partial charge in [0.1, 0.15) is 5.54 Å². The fraction of sp³-hybridized carbons (Fsp3) is 0.393. The molecule has 1 N–H and O–H groups in total. The monoisotopic (exact) mass is 583 g/mol. The van der Waals surface area contributed by atoms with Gasteiger partial charge in [0.25, 0.3) is 5.91 Å². The molecule has 1 spiro atoms. The number of likely N-dealkylation sites (tertiary alicyclic amines) is 2. The Labute approximate surface area is 241 Å². The highest BCUT2D eigenvalue weighted by Crippen LogP contribution is 2.46. The third-order valence-corrected chi connectivity index (χ3v) is 8.67. The summed E-state index contributed by atoms with van der Waals surface area (Å²) in [7, 11) is 1.57. The van der Waals surface area contributed by atoms with Crippen molar-refractivity contribution < 1.29 is 24.3 Å². The van der Waals surface area contributed by atoms with Crippen LogP contribution >= 0.6 is 23.2 Å². The Hall–Kier alpha value is -3.65. The first-order valence-corrected chi connectivity index (χ1v) is 13.6. The second kappa shape index (κ2) is 10.7. The second-order valence-corrected chi connectivity index (χ2v) is 11.4. The van der Waals surface area contributed by atoms with Gasteiger partial charge in [0.05, 0.1) is 29.8 Å². The van der Waals surface area contributed by atoms with Gasteiger partial charge in [0.2, 0.25) is 5.91 Å². The molecule has 0 aliphatic carbocycles. The first-order valence-electron chi connectivity index (χ1n) is 12.9. The lowest BCUT2D eigenvalue weighted by Gasteiger charge is -2.34. The molecule has 10 nitrogen and oxygen atoms in total. The number of nitrogens with zero attached hydrogens (tertiary/aromatic N) is 5. The van der Waals surface area contributed by atoms with E-state index in [2.05, 4.69) is 6.07 Å². The molecule has 2 aromatic carbocycles. The maximum Gasteiger partial charge on any atom is 0.332 e. The lowest BCUT2D eigenvalue weighted by Crippen LogP contribution is -2.54. The predicted octanol–water partition coefficient (Wildman–Crippen LogP) is 3.42. The van der Waals surface area contributed by atoms with E-state index in [1.807, 2.05) is 4.90 Å². The molecule has 4 amide bonds. The van der Waals surface area contributed by atoms with Gasteiger partial charge >= 0.3 is 12.0 Å². The van der Waals surface area contributed by atoms with Crippen molar-refractivity contribution in [2.75, 3.05) is 44.7 Å². The van der Waals surface area contributed by atoms with Gasteiger partial charge in [-0.25, -0.2) is 9.69 Å². The number of carboxylic acids is 1. The summed E-state index contributed by atoms with van der Waals surface area (Å²) in [6.45, 7) is 1.16. The number of urea groups is 1. The number of carbonyl (C=O) groups excluding carboxylic acids is 3. The molecule has 208 valence electrons. The molecule has 3 fully saturated rings. The average molecular weight is 584 g/mol. The minimum atomic E-state index is -1.32. The summed E-state index contributed by atoms with van der Waals surface area (Å²) in [5, 5.41) is 19.1. The van der Waals surface area contributed by atoms with E-state index < -0.39 is 35.3 Å². The Morgan fingerprint density at radius 1 is 1.07 bits per heavy atom. The molecule has 3 aliphatic heterocycles.